The monoisotopic (exact) mass is 990 g/mol. The van der Waals surface area contributed by atoms with Gasteiger partial charge in [-0.15, -0.1) is 5.11 Å². The first-order valence-corrected chi connectivity index (χ1v) is 25.9. The van der Waals surface area contributed by atoms with Gasteiger partial charge in [-0.1, -0.05) is 75.4 Å². The van der Waals surface area contributed by atoms with E-state index in [1.807, 2.05) is 66.0 Å². The first-order valence-electron chi connectivity index (χ1n) is 19.0. The number of amides is 1. The molecule has 2 N–H and O–H groups in total. The van der Waals surface area contributed by atoms with Crippen LogP contribution in [0.15, 0.2) is 116 Å². The number of hydrogen-bond acceptors (Lipinski definition) is 12. The van der Waals surface area contributed by atoms with Crippen LogP contribution in [-0.2, 0) is 48.9 Å². The number of benzene rings is 4. The average molecular weight is 991 g/mol. The first kappa shape index (κ1) is 46.8. The first-order chi connectivity index (χ1) is 28.3. The number of nitrogens with one attached hydrogen (secondary N) is 2. The molecule has 1 aliphatic rings. The molecule has 0 unspecified atom stereocenters. The van der Waals surface area contributed by atoms with Crippen molar-refractivity contribution < 1.29 is 40.3 Å². The number of aliphatic imine (C=N–C) groups is 1. The number of amidine groups is 1. The van der Waals surface area contributed by atoms with Crippen molar-refractivity contribution in [3.63, 3.8) is 0 Å². The van der Waals surface area contributed by atoms with Gasteiger partial charge in [-0.3, -0.25) is 0 Å². The molecular weight excluding hydrogens is 940 g/mol. The summed E-state index contributed by atoms with van der Waals surface area (Å²) < 4.78 is 87.3. The number of carbonyl (C=O) groups is 1. The standard InChI is InChI=1S/C41H51IN6O9S2Si/c1-41(2,3)60(6,7)57-27-32(23-43-40(49)56-26-31-11-9-8-10-12-31)47-58(50,51)36-22-21-35(42)37(39-44-28-45-46-39)38(36)59(52,53)48(24-29-13-17-33(54-4)18-14-29)25-30-15-19-34(55-5)20-16-30/h8-22,32,47H,23-28H2,1-7H3,(H,43,49)/t32-/m0/s1. The Morgan fingerprint density at radius 1 is 0.850 bits per heavy atom. The highest BCUT2D eigenvalue weighted by Crippen LogP contribution is 2.37. The van der Waals surface area contributed by atoms with E-state index in [2.05, 4.69) is 46.0 Å². The van der Waals surface area contributed by atoms with E-state index >= 15 is 8.42 Å². The lowest BCUT2D eigenvalue weighted by Crippen LogP contribution is -2.50. The van der Waals surface area contributed by atoms with Crippen LogP contribution in [0.25, 0.3) is 0 Å². The van der Waals surface area contributed by atoms with Crippen LogP contribution >= 0.6 is 22.6 Å². The molecule has 15 nitrogen and oxygen atoms in total. The fraction of sp³-hybridized carbons (Fsp3) is 0.366. The molecule has 0 saturated carbocycles. The molecule has 0 bridgehead atoms. The number of nitrogens with zero attached hydrogens (tertiary/aromatic N) is 4. The fourth-order valence-electron chi connectivity index (χ4n) is 5.72. The molecule has 0 aliphatic carbocycles. The number of alkyl carbamates (subject to hydrolysis) is 1. The van der Waals surface area contributed by atoms with E-state index < -0.39 is 50.3 Å². The van der Waals surface area contributed by atoms with E-state index in [0.717, 1.165) is 5.56 Å². The van der Waals surface area contributed by atoms with Crippen LogP contribution in [0, 0.1) is 3.57 Å². The van der Waals surface area contributed by atoms with Crippen molar-refractivity contribution in [3.05, 3.63) is 117 Å². The number of azo groups is 1. The number of ether oxygens (including phenoxy) is 3. The minimum atomic E-state index is -4.73. The number of rotatable bonds is 19. The third-order valence-electron chi connectivity index (χ3n) is 10.1. The van der Waals surface area contributed by atoms with Crippen LogP contribution in [0.3, 0.4) is 0 Å². The Balaban J connectivity index is 1.58. The maximum Gasteiger partial charge on any atom is 0.407 e. The topological polar surface area (TPSA) is 187 Å². The summed E-state index contributed by atoms with van der Waals surface area (Å²) in [4.78, 5) is 16.2. The Morgan fingerprint density at radius 3 is 1.95 bits per heavy atom. The number of halogens is 1. The second-order valence-electron chi connectivity index (χ2n) is 15.4. The Bertz CT molecular complexity index is 2350. The molecule has 0 radical (unpaired) electrons. The summed E-state index contributed by atoms with van der Waals surface area (Å²) in [6.45, 7) is 9.50. The Hall–Kier alpha value is -4.25. The van der Waals surface area contributed by atoms with E-state index in [0.29, 0.717) is 26.2 Å². The molecule has 1 amide bonds. The summed E-state index contributed by atoms with van der Waals surface area (Å²) in [5.74, 6) is 1.14. The summed E-state index contributed by atoms with van der Waals surface area (Å²) in [6, 6.07) is 24.6. The highest BCUT2D eigenvalue weighted by atomic mass is 127. The molecule has 0 spiro atoms. The van der Waals surface area contributed by atoms with Gasteiger partial charge in [-0.25, -0.2) is 31.3 Å². The van der Waals surface area contributed by atoms with Crippen molar-refractivity contribution in [1.29, 1.82) is 0 Å². The van der Waals surface area contributed by atoms with Crippen molar-refractivity contribution in [3.8, 4) is 11.5 Å². The van der Waals surface area contributed by atoms with Crippen molar-refractivity contribution in [1.82, 2.24) is 14.3 Å². The van der Waals surface area contributed by atoms with Crippen LogP contribution in [-0.4, -0.2) is 81.5 Å². The number of sulfonamides is 2. The van der Waals surface area contributed by atoms with Crippen LogP contribution in [0.4, 0.5) is 4.79 Å². The smallest absolute Gasteiger partial charge is 0.407 e. The van der Waals surface area contributed by atoms with Gasteiger partial charge in [0, 0.05) is 23.2 Å². The van der Waals surface area contributed by atoms with Gasteiger partial charge in [0.1, 0.15) is 27.9 Å². The SMILES string of the molecule is COc1ccc(CN(Cc2ccc(OC)cc2)S(=O)(=O)c2c(S(=O)(=O)N[C@@H](CNC(=O)OCc3ccccc3)CO[Si](C)(C)C(C)(C)C)ccc(I)c2C2=NCN=N2)cc1. The highest BCUT2D eigenvalue weighted by molar-refractivity contribution is 14.1. The number of methoxy groups -OCH3 is 2. The number of carbonyl (C=O) groups excluding carboxylic acids is 1. The Kier molecular flexibility index (Phi) is 15.7. The maximum absolute atomic E-state index is 15.4. The zero-order chi connectivity index (χ0) is 43.7. The average Bonchev–Trinajstić information content (AvgIpc) is 3.76. The van der Waals surface area contributed by atoms with Gasteiger partial charge in [0.25, 0.3) is 0 Å². The van der Waals surface area contributed by atoms with E-state index in [4.69, 9.17) is 18.6 Å². The molecule has 4 aromatic rings. The molecule has 1 atom stereocenters. The molecule has 19 heteroatoms. The van der Waals surface area contributed by atoms with E-state index in [1.165, 1.54) is 30.7 Å². The highest BCUT2D eigenvalue weighted by Gasteiger charge is 2.40. The molecule has 5 rings (SSSR count). The Morgan fingerprint density at radius 2 is 1.43 bits per heavy atom. The zero-order valence-corrected chi connectivity index (χ0v) is 39.4. The van der Waals surface area contributed by atoms with Crippen molar-refractivity contribution in [2.45, 2.75) is 74.4 Å². The predicted octanol–water partition coefficient (Wildman–Crippen LogP) is 7.46. The molecular formula is C41H51IN6O9S2Si. The summed E-state index contributed by atoms with van der Waals surface area (Å²) in [6.07, 6.45) is -0.771. The van der Waals surface area contributed by atoms with Crippen molar-refractivity contribution in [2.24, 2.45) is 15.2 Å². The van der Waals surface area contributed by atoms with Crippen LogP contribution in [0.5, 0.6) is 11.5 Å². The van der Waals surface area contributed by atoms with Gasteiger partial charge in [0.2, 0.25) is 20.0 Å². The predicted molar refractivity (Wildman–Crippen MR) is 240 cm³/mol. The summed E-state index contributed by atoms with van der Waals surface area (Å²) in [7, 11) is -8.84. The van der Waals surface area contributed by atoms with Crippen LogP contribution in [0.2, 0.25) is 18.1 Å². The minimum Gasteiger partial charge on any atom is -0.497 e. The van der Waals surface area contributed by atoms with Crippen molar-refractivity contribution in [2.75, 3.05) is 34.0 Å². The lowest BCUT2D eigenvalue weighted by Gasteiger charge is -2.37. The van der Waals surface area contributed by atoms with Gasteiger partial charge < -0.3 is 24.0 Å². The quantitative estimate of drug-likeness (QED) is 0.0711. The molecule has 1 heterocycles. The second kappa shape index (κ2) is 20.1. The van der Waals surface area contributed by atoms with Crippen LogP contribution < -0.4 is 19.5 Å². The summed E-state index contributed by atoms with van der Waals surface area (Å²) >= 11 is 1.95. The molecule has 0 saturated heterocycles. The van der Waals surface area contributed by atoms with Crippen LogP contribution in [0.1, 0.15) is 43.0 Å². The van der Waals surface area contributed by atoms with Gasteiger partial charge in [0.05, 0.1) is 32.4 Å². The van der Waals surface area contributed by atoms with E-state index in [9.17, 15) is 13.2 Å². The van der Waals surface area contributed by atoms with Gasteiger partial charge in [0.15, 0.2) is 20.8 Å². The van der Waals surface area contributed by atoms with Gasteiger partial charge in [-0.05, 0) is 93.8 Å². The van der Waals surface area contributed by atoms with Gasteiger partial charge in [-0.2, -0.15) is 9.42 Å². The molecule has 322 valence electrons. The third kappa shape index (κ3) is 12.0. The summed E-state index contributed by atoms with van der Waals surface area (Å²) in [5, 5.41) is 10.5. The van der Waals surface area contributed by atoms with Gasteiger partial charge >= 0.3 is 6.09 Å². The van der Waals surface area contributed by atoms with Crippen molar-refractivity contribution >= 4 is 62.9 Å². The zero-order valence-electron chi connectivity index (χ0n) is 34.6. The van der Waals surface area contributed by atoms with E-state index in [1.54, 1.807) is 48.5 Å². The lowest BCUT2D eigenvalue weighted by molar-refractivity contribution is 0.137. The molecule has 4 aromatic carbocycles. The Labute approximate surface area is 367 Å². The molecule has 0 fully saturated rings. The summed E-state index contributed by atoms with van der Waals surface area (Å²) in [5.41, 5.74) is 2.00. The lowest BCUT2D eigenvalue weighted by atomic mass is 10.2. The third-order valence-corrected chi connectivity index (χ3v) is 19.1. The molecule has 60 heavy (non-hydrogen) atoms. The second-order valence-corrected chi connectivity index (χ2v) is 24.9. The normalized spacial score (nSPS) is 13.8. The molecule has 0 aromatic heterocycles. The van der Waals surface area contributed by atoms with E-state index in [-0.39, 0.29) is 56.0 Å². The maximum atomic E-state index is 15.4. The largest absolute Gasteiger partial charge is 0.497 e. The fourth-order valence-corrected chi connectivity index (χ4v) is 11.3. The number of hydrogen-bond donors (Lipinski definition) is 2. The molecule has 1 aliphatic heterocycles. The minimum absolute atomic E-state index is 0.000952.